The van der Waals surface area contributed by atoms with Crippen molar-refractivity contribution in [2.75, 3.05) is 0 Å². The Morgan fingerprint density at radius 3 is 2.08 bits per heavy atom. The van der Waals surface area contributed by atoms with E-state index in [0.29, 0.717) is 5.58 Å². The Hall–Kier alpha value is -7.76. The van der Waals surface area contributed by atoms with Crippen molar-refractivity contribution in [2.24, 2.45) is 0 Å². The van der Waals surface area contributed by atoms with Crippen LogP contribution in [0.3, 0.4) is 0 Å². The summed E-state index contributed by atoms with van der Waals surface area (Å²) < 4.78 is 15.7. The van der Waals surface area contributed by atoms with Crippen molar-refractivity contribution in [3.8, 4) is 50.3 Å². The predicted octanol–water partition coefficient (Wildman–Crippen LogP) is 14.7. The third-order valence-electron chi connectivity index (χ3n) is 12.9. The third-order valence-corrected chi connectivity index (χ3v) is 12.9. The summed E-state index contributed by atoms with van der Waals surface area (Å²) in [5, 5.41) is 5.45. The van der Waals surface area contributed by atoms with Crippen LogP contribution in [0.25, 0.3) is 116 Å². The van der Waals surface area contributed by atoms with Gasteiger partial charge < -0.3 is 13.4 Å². The summed E-state index contributed by atoms with van der Waals surface area (Å²) in [6, 6.07) is 60.6. The van der Waals surface area contributed by atoms with E-state index in [-0.39, 0.29) is 5.41 Å². The van der Waals surface area contributed by atoms with Crippen molar-refractivity contribution in [3.63, 3.8) is 0 Å². The molecule has 8 aromatic carbocycles. The Bertz CT molecular complexity index is 3740. The number of nitrogens with zero attached hydrogens (tertiary/aromatic N) is 3. The fraction of sp³-hybridized carbons (Fsp3) is 0.0545. The maximum atomic E-state index is 6.65. The number of benzene rings is 8. The molecule has 4 heterocycles. The van der Waals surface area contributed by atoms with E-state index in [9.17, 15) is 0 Å². The van der Waals surface area contributed by atoms with Crippen LogP contribution in [0.1, 0.15) is 25.0 Å². The van der Waals surface area contributed by atoms with Crippen LogP contribution in [-0.4, -0.2) is 14.5 Å². The van der Waals surface area contributed by atoms with Gasteiger partial charge in [0.2, 0.25) is 0 Å². The second-order valence-electron chi connectivity index (χ2n) is 16.5. The van der Waals surface area contributed by atoms with Gasteiger partial charge in [-0.2, -0.15) is 0 Å². The molecule has 0 saturated heterocycles. The monoisotopic (exact) mass is 769 g/mol. The van der Waals surface area contributed by atoms with Gasteiger partial charge in [-0.3, -0.25) is 0 Å². The van der Waals surface area contributed by atoms with Crippen LogP contribution in [-0.2, 0) is 5.41 Å². The summed E-state index contributed by atoms with van der Waals surface area (Å²) in [7, 11) is 0. The van der Waals surface area contributed by atoms with Crippen LogP contribution in [0.4, 0.5) is 0 Å². The van der Waals surface area contributed by atoms with E-state index in [1.54, 1.807) is 6.33 Å². The van der Waals surface area contributed by atoms with Crippen LogP contribution in [0.2, 0.25) is 0 Å². The normalized spacial score (nSPS) is 13.3. The number of furan rings is 2. The van der Waals surface area contributed by atoms with Crippen molar-refractivity contribution in [3.05, 3.63) is 187 Å². The quantitative estimate of drug-likeness (QED) is 0.179. The lowest BCUT2D eigenvalue weighted by atomic mass is 9.81. The molecule has 0 N–H and O–H groups in total. The molecule has 1 aliphatic rings. The van der Waals surface area contributed by atoms with Crippen molar-refractivity contribution in [2.45, 2.75) is 19.3 Å². The van der Waals surface area contributed by atoms with E-state index in [0.717, 1.165) is 66.5 Å². The second-order valence-corrected chi connectivity index (χ2v) is 16.5. The first-order valence-electron chi connectivity index (χ1n) is 20.5. The summed E-state index contributed by atoms with van der Waals surface area (Å²) in [6.07, 6.45) is 1.65. The van der Waals surface area contributed by atoms with Crippen molar-refractivity contribution < 1.29 is 8.83 Å². The van der Waals surface area contributed by atoms with E-state index in [1.807, 2.05) is 24.3 Å². The highest BCUT2D eigenvalue weighted by Crippen LogP contribution is 2.53. The molecule has 60 heavy (non-hydrogen) atoms. The predicted molar refractivity (Wildman–Crippen MR) is 245 cm³/mol. The highest BCUT2D eigenvalue weighted by atomic mass is 16.3. The molecule has 282 valence electrons. The van der Waals surface area contributed by atoms with Gasteiger partial charge >= 0.3 is 0 Å². The van der Waals surface area contributed by atoms with Crippen LogP contribution < -0.4 is 0 Å². The Balaban J connectivity index is 0.990. The van der Waals surface area contributed by atoms with Gasteiger partial charge in [-0.15, -0.1) is 0 Å². The average molecular weight is 770 g/mol. The molecule has 13 rings (SSSR count). The fourth-order valence-electron chi connectivity index (χ4n) is 10.2. The van der Waals surface area contributed by atoms with E-state index in [1.165, 1.54) is 55.2 Å². The molecule has 0 unspecified atom stereocenters. The Labute approximate surface area is 344 Å². The number of para-hydroxylation sites is 1. The van der Waals surface area contributed by atoms with E-state index >= 15 is 0 Å². The van der Waals surface area contributed by atoms with E-state index in [2.05, 4.69) is 164 Å². The Morgan fingerprint density at radius 2 is 1.20 bits per heavy atom. The number of aromatic nitrogens is 3. The molecule has 0 bridgehead atoms. The van der Waals surface area contributed by atoms with Gasteiger partial charge in [0, 0.05) is 43.6 Å². The molecule has 0 spiro atoms. The molecule has 1 aliphatic carbocycles. The molecule has 5 nitrogen and oxygen atoms in total. The van der Waals surface area contributed by atoms with Gasteiger partial charge in [-0.1, -0.05) is 141 Å². The van der Waals surface area contributed by atoms with Gasteiger partial charge in [0.1, 0.15) is 34.3 Å². The topological polar surface area (TPSA) is 57.0 Å². The second kappa shape index (κ2) is 12.1. The molecule has 0 amide bonds. The molecule has 4 aromatic heterocycles. The van der Waals surface area contributed by atoms with E-state index in [4.69, 9.17) is 18.8 Å². The van der Waals surface area contributed by atoms with Crippen molar-refractivity contribution >= 4 is 65.8 Å². The lowest BCUT2D eigenvalue weighted by Crippen LogP contribution is -2.16. The SMILES string of the molecule is CC1(C)c2ccccc2-c2ccc3c4ccccc4n(-c4ccc5oc6cccc(-c7ncnc8c7oc7ccc(-c9ccc(-c%10ccccc%10)cc9)cc78)c6c5c4)c3c21. The van der Waals surface area contributed by atoms with Crippen LogP contribution in [0.5, 0.6) is 0 Å². The molecule has 0 aliphatic heterocycles. The summed E-state index contributed by atoms with van der Waals surface area (Å²) in [5.41, 5.74) is 18.8. The summed E-state index contributed by atoms with van der Waals surface area (Å²) in [6.45, 7) is 4.73. The van der Waals surface area contributed by atoms with Gasteiger partial charge in [0.25, 0.3) is 0 Å². The largest absolute Gasteiger partial charge is 0.456 e. The zero-order chi connectivity index (χ0) is 39.7. The third kappa shape index (κ3) is 4.57. The zero-order valence-corrected chi connectivity index (χ0v) is 32.9. The fourth-order valence-corrected chi connectivity index (χ4v) is 10.2. The van der Waals surface area contributed by atoms with Crippen LogP contribution in [0.15, 0.2) is 185 Å². The lowest BCUT2D eigenvalue weighted by Gasteiger charge is -2.23. The molecule has 0 saturated carbocycles. The van der Waals surface area contributed by atoms with Crippen LogP contribution in [0, 0.1) is 0 Å². The molecule has 12 aromatic rings. The van der Waals surface area contributed by atoms with Crippen molar-refractivity contribution in [1.29, 1.82) is 0 Å². The molecule has 0 atom stereocenters. The van der Waals surface area contributed by atoms with Gasteiger partial charge in [-0.25, -0.2) is 9.97 Å². The Kier molecular flexibility index (Phi) is 6.72. The molecular weight excluding hydrogens is 735 g/mol. The highest BCUT2D eigenvalue weighted by molar-refractivity contribution is 6.17. The molecule has 0 fully saturated rings. The number of hydrogen-bond donors (Lipinski definition) is 0. The van der Waals surface area contributed by atoms with Crippen molar-refractivity contribution in [1.82, 2.24) is 14.5 Å². The van der Waals surface area contributed by atoms with E-state index < -0.39 is 0 Å². The lowest BCUT2D eigenvalue weighted by molar-refractivity contribution is 0.663. The Morgan fingerprint density at radius 1 is 0.483 bits per heavy atom. The minimum atomic E-state index is -0.185. The highest BCUT2D eigenvalue weighted by Gasteiger charge is 2.38. The number of rotatable bonds is 4. The average Bonchev–Trinajstić information content (AvgIpc) is 4.03. The smallest absolute Gasteiger partial charge is 0.180 e. The molecule has 0 radical (unpaired) electrons. The minimum absolute atomic E-state index is 0.185. The van der Waals surface area contributed by atoms with Crippen LogP contribution >= 0.6 is 0 Å². The van der Waals surface area contributed by atoms with Gasteiger partial charge in [-0.05, 0) is 87.0 Å². The molecule has 5 heteroatoms. The maximum Gasteiger partial charge on any atom is 0.180 e. The zero-order valence-electron chi connectivity index (χ0n) is 32.9. The molecular formula is C55H35N3O2. The standard InChI is InChI=1S/C55H35N3O2/c1-55(2)44-16-8-6-13-37(44)39-25-26-40-38-14-7-9-17-45(38)58(53(40)50(39)55)36-24-28-46-42(30-36)49-41(15-10-18-48(49)59-46)51-54-52(57-31-56-51)43-29-35(23-27-47(43)60-54)34-21-19-33(20-22-34)32-11-4-3-5-12-32/h3-31H,1-2H3. The first kappa shape index (κ1) is 33.2. The summed E-state index contributed by atoms with van der Waals surface area (Å²) in [5.74, 6) is 0. The number of fused-ring (bicyclic) bond motifs is 13. The summed E-state index contributed by atoms with van der Waals surface area (Å²) >= 11 is 0. The van der Waals surface area contributed by atoms with Gasteiger partial charge in [0.05, 0.1) is 11.0 Å². The van der Waals surface area contributed by atoms with Gasteiger partial charge in [0.15, 0.2) is 5.58 Å². The minimum Gasteiger partial charge on any atom is -0.456 e. The summed E-state index contributed by atoms with van der Waals surface area (Å²) in [4.78, 5) is 9.71. The number of hydrogen-bond acceptors (Lipinski definition) is 4. The first-order valence-corrected chi connectivity index (χ1v) is 20.5. The maximum absolute atomic E-state index is 6.65. The first-order chi connectivity index (χ1) is 29.5.